The van der Waals surface area contributed by atoms with E-state index in [1.807, 2.05) is 0 Å². The lowest BCUT2D eigenvalue weighted by atomic mass is 10.2. The lowest BCUT2D eigenvalue weighted by molar-refractivity contribution is -0.150. The van der Waals surface area contributed by atoms with Crippen LogP contribution in [0.4, 0.5) is 30.4 Å². The Kier molecular flexibility index (Phi) is 4.83. The molecule has 3 rings (SSSR count). The number of alkyl halides is 3. The fourth-order valence-electron chi connectivity index (χ4n) is 2.12. The minimum absolute atomic E-state index is 0.270. The van der Waals surface area contributed by atoms with E-state index in [1.54, 1.807) is 41.5 Å². The van der Waals surface area contributed by atoms with Crippen molar-refractivity contribution in [3.8, 4) is 5.82 Å². The van der Waals surface area contributed by atoms with Crippen LogP contribution in [-0.2, 0) is 4.79 Å². The van der Waals surface area contributed by atoms with Crippen molar-refractivity contribution in [1.29, 1.82) is 0 Å². The summed E-state index contributed by atoms with van der Waals surface area (Å²) >= 11 is 0. The van der Waals surface area contributed by atoms with Gasteiger partial charge in [-0.15, -0.1) is 0 Å². The second-order valence-corrected chi connectivity index (χ2v) is 5.27. The number of hydrogen-bond acceptors (Lipinski definition) is 5. The number of aromatic nitrogens is 4. The fourth-order valence-corrected chi connectivity index (χ4v) is 2.12. The van der Waals surface area contributed by atoms with Gasteiger partial charge in [-0.1, -0.05) is 0 Å². The Balaban J connectivity index is 1.65. The molecule has 0 aliphatic carbocycles. The van der Waals surface area contributed by atoms with E-state index in [4.69, 9.17) is 0 Å². The van der Waals surface area contributed by atoms with Gasteiger partial charge in [-0.2, -0.15) is 13.2 Å². The average Bonchev–Trinajstić information content (AvgIpc) is 3.10. The number of rotatable bonds is 5. The van der Waals surface area contributed by atoms with Crippen LogP contribution in [0.15, 0.2) is 55.4 Å². The molecule has 0 unspecified atom stereocenters. The summed E-state index contributed by atoms with van der Waals surface area (Å²) < 4.78 is 38.2. The SMILES string of the molecule is O=C(CC(F)(F)F)Nc1ccc(Nc2cc(-n3ccnc3)ncn2)cc1. The number of carbonyl (C=O) groups excluding carboxylic acids is 1. The maximum absolute atomic E-state index is 12.2. The van der Waals surface area contributed by atoms with Gasteiger partial charge in [-0.25, -0.2) is 15.0 Å². The van der Waals surface area contributed by atoms with Crippen molar-refractivity contribution < 1.29 is 18.0 Å². The Labute approximate surface area is 145 Å². The lowest BCUT2D eigenvalue weighted by Crippen LogP contribution is -2.21. The van der Waals surface area contributed by atoms with Gasteiger partial charge in [0.1, 0.15) is 30.7 Å². The van der Waals surface area contributed by atoms with Crippen LogP contribution < -0.4 is 10.6 Å². The van der Waals surface area contributed by atoms with Crippen LogP contribution in [-0.4, -0.2) is 31.6 Å². The van der Waals surface area contributed by atoms with E-state index in [-0.39, 0.29) is 5.69 Å². The minimum Gasteiger partial charge on any atom is -0.340 e. The van der Waals surface area contributed by atoms with Crippen LogP contribution >= 0.6 is 0 Å². The van der Waals surface area contributed by atoms with Crippen LogP contribution in [0.3, 0.4) is 0 Å². The van der Waals surface area contributed by atoms with Gasteiger partial charge in [-0.05, 0) is 24.3 Å². The van der Waals surface area contributed by atoms with E-state index in [0.29, 0.717) is 17.3 Å². The van der Waals surface area contributed by atoms with Crippen molar-refractivity contribution in [2.24, 2.45) is 0 Å². The van der Waals surface area contributed by atoms with Gasteiger partial charge in [0.2, 0.25) is 5.91 Å². The predicted molar refractivity (Wildman–Crippen MR) is 88.2 cm³/mol. The number of nitrogens with one attached hydrogen (secondary N) is 2. The van der Waals surface area contributed by atoms with Crippen molar-refractivity contribution in [1.82, 2.24) is 19.5 Å². The molecule has 2 heterocycles. The largest absolute Gasteiger partial charge is 0.397 e. The van der Waals surface area contributed by atoms with Crippen molar-refractivity contribution in [2.45, 2.75) is 12.6 Å². The summed E-state index contributed by atoms with van der Waals surface area (Å²) in [6.45, 7) is 0. The predicted octanol–water partition coefficient (Wildman–Crippen LogP) is 3.30. The number of carbonyl (C=O) groups is 1. The topological polar surface area (TPSA) is 84.7 Å². The summed E-state index contributed by atoms with van der Waals surface area (Å²) in [4.78, 5) is 23.5. The molecule has 1 aromatic carbocycles. The molecule has 134 valence electrons. The summed E-state index contributed by atoms with van der Waals surface area (Å²) in [6.07, 6.45) is 0.302. The van der Waals surface area contributed by atoms with Crippen LogP contribution in [0.5, 0.6) is 0 Å². The lowest BCUT2D eigenvalue weighted by Gasteiger charge is -2.10. The third-order valence-electron chi connectivity index (χ3n) is 3.22. The number of anilines is 3. The molecule has 0 bridgehead atoms. The number of benzene rings is 1. The summed E-state index contributed by atoms with van der Waals surface area (Å²) in [5.41, 5.74) is 0.917. The number of halogens is 3. The number of imidazole rings is 1. The normalized spacial score (nSPS) is 11.2. The second-order valence-electron chi connectivity index (χ2n) is 5.27. The van der Waals surface area contributed by atoms with Gasteiger partial charge in [0.05, 0.1) is 0 Å². The van der Waals surface area contributed by atoms with Crippen LogP contribution in [0.1, 0.15) is 6.42 Å². The molecular formula is C16H13F3N6O. The summed E-state index contributed by atoms with van der Waals surface area (Å²) in [5.74, 6) is 0.0348. The van der Waals surface area contributed by atoms with Gasteiger partial charge in [0.25, 0.3) is 0 Å². The maximum atomic E-state index is 12.2. The van der Waals surface area contributed by atoms with Crippen LogP contribution in [0.2, 0.25) is 0 Å². The molecule has 0 atom stereocenters. The monoisotopic (exact) mass is 362 g/mol. The molecule has 26 heavy (non-hydrogen) atoms. The van der Waals surface area contributed by atoms with Gasteiger partial charge in [0, 0.05) is 29.8 Å². The Hall–Kier alpha value is -3.43. The van der Waals surface area contributed by atoms with E-state index < -0.39 is 18.5 Å². The minimum atomic E-state index is -4.54. The summed E-state index contributed by atoms with van der Waals surface area (Å²) in [6, 6.07) is 7.92. The molecule has 10 heteroatoms. The molecule has 3 aromatic rings. The van der Waals surface area contributed by atoms with E-state index in [0.717, 1.165) is 0 Å². The zero-order valence-corrected chi connectivity index (χ0v) is 13.2. The quantitative estimate of drug-likeness (QED) is 0.728. The molecule has 2 aromatic heterocycles. The first-order valence-electron chi connectivity index (χ1n) is 7.43. The van der Waals surface area contributed by atoms with Gasteiger partial charge in [0.15, 0.2) is 0 Å². The third-order valence-corrected chi connectivity index (χ3v) is 3.22. The van der Waals surface area contributed by atoms with Crippen molar-refractivity contribution >= 4 is 23.1 Å². The molecule has 0 fully saturated rings. The van der Waals surface area contributed by atoms with E-state index in [2.05, 4.69) is 25.6 Å². The molecule has 0 saturated heterocycles. The molecule has 0 aliphatic heterocycles. The van der Waals surface area contributed by atoms with Gasteiger partial charge in [-0.3, -0.25) is 9.36 Å². The van der Waals surface area contributed by atoms with Crippen molar-refractivity contribution in [2.75, 3.05) is 10.6 Å². The highest BCUT2D eigenvalue weighted by atomic mass is 19.4. The van der Waals surface area contributed by atoms with Crippen molar-refractivity contribution in [3.05, 3.63) is 55.4 Å². The Bertz CT molecular complexity index is 878. The van der Waals surface area contributed by atoms with Crippen LogP contribution in [0.25, 0.3) is 5.82 Å². The zero-order chi connectivity index (χ0) is 18.6. The standard InChI is InChI=1S/C16H13F3N6O/c17-16(18,19)8-15(26)24-12-3-1-11(2-4-12)23-13-7-14(22-9-21-13)25-6-5-20-10-25/h1-7,9-10H,8H2,(H,24,26)(H,21,22,23). The summed E-state index contributed by atoms with van der Waals surface area (Å²) in [7, 11) is 0. The average molecular weight is 362 g/mol. The number of nitrogens with zero attached hydrogens (tertiary/aromatic N) is 4. The van der Waals surface area contributed by atoms with Gasteiger partial charge < -0.3 is 10.6 Å². The first kappa shape index (κ1) is 17.4. The highest BCUT2D eigenvalue weighted by Crippen LogP contribution is 2.22. The Morgan fingerprint density at radius 2 is 1.85 bits per heavy atom. The molecule has 2 N–H and O–H groups in total. The third kappa shape index (κ3) is 4.79. The molecule has 1 amide bonds. The van der Waals surface area contributed by atoms with Crippen molar-refractivity contribution in [3.63, 3.8) is 0 Å². The fraction of sp³-hybridized carbons (Fsp3) is 0.125. The number of amides is 1. The maximum Gasteiger partial charge on any atom is 0.397 e. The molecule has 0 radical (unpaired) electrons. The van der Waals surface area contributed by atoms with Gasteiger partial charge >= 0.3 is 6.18 Å². The van der Waals surface area contributed by atoms with Crippen LogP contribution in [0, 0.1) is 0 Å². The van der Waals surface area contributed by atoms with E-state index >= 15 is 0 Å². The highest BCUT2D eigenvalue weighted by molar-refractivity contribution is 5.91. The first-order chi connectivity index (χ1) is 12.4. The molecule has 0 aliphatic rings. The molecule has 0 spiro atoms. The zero-order valence-electron chi connectivity index (χ0n) is 13.2. The smallest absolute Gasteiger partial charge is 0.340 e. The summed E-state index contributed by atoms with van der Waals surface area (Å²) in [5, 5.41) is 5.24. The Morgan fingerprint density at radius 1 is 1.12 bits per heavy atom. The molecule has 7 nitrogen and oxygen atoms in total. The highest BCUT2D eigenvalue weighted by Gasteiger charge is 2.31. The Morgan fingerprint density at radius 3 is 2.50 bits per heavy atom. The first-order valence-corrected chi connectivity index (χ1v) is 7.43. The number of hydrogen-bond donors (Lipinski definition) is 2. The molecular weight excluding hydrogens is 349 g/mol. The second kappa shape index (κ2) is 7.21. The van der Waals surface area contributed by atoms with E-state index in [9.17, 15) is 18.0 Å². The molecule has 0 saturated carbocycles. The van der Waals surface area contributed by atoms with E-state index in [1.165, 1.54) is 18.5 Å².